The maximum Gasteiger partial charge on any atom is 0.201 e. The molecule has 1 saturated carbocycles. The van der Waals surface area contributed by atoms with Gasteiger partial charge in [-0.05, 0) is 36.3 Å². The first-order valence-electron chi connectivity index (χ1n) is 6.39. The molecule has 0 atom stereocenters. The van der Waals surface area contributed by atoms with E-state index < -0.39 is 11.6 Å². The fraction of sp³-hybridized carbons (Fsp3) is 0.500. The van der Waals surface area contributed by atoms with E-state index in [-0.39, 0.29) is 20.5 Å². The molecule has 1 aromatic rings. The van der Waals surface area contributed by atoms with Gasteiger partial charge in [-0.2, -0.15) is 4.39 Å². The topological polar surface area (TPSA) is 9.23 Å². The third-order valence-corrected chi connectivity index (χ3v) is 3.74. The van der Waals surface area contributed by atoms with E-state index >= 15 is 0 Å². The van der Waals surface area contributed by atoms with Gasteiger partial charge in [0, 0.05) is 1.43 Å². The summed E-state index contributed by atoms with van der Waals surface area (Å²) in [7, 11) is 0. The maximum absolute atomic E-state index is 14.0. The molecule has 0 heterocycles. The van der Waals surface area contributed by atoms with Gasteiger partial charge in [0.05, 0.1) is 6.26 Å². The van der Waals surface area contributed by atoms with Gasteiger partial charge in [-0.3, -0.25) is 0 Å². The van der Waals surface area contributed by atoms with Crippen LogP contribution in [0.2, 0.25) is 0 Å². The SMILES string of the molecule is C.C=COc1ccc(C2CCC(C)CC2)c(F)c1F.[HH]. The molecule has 0 aromatic heterocycles. The molecule has 0 N–H and O–H groups in total. The van der Waals surface area contributed by atoms with Crippen LogP contribution in [0.1, 0.15) is 52.9 Å². The smallest absolute Gasteiger partial charge is 0.201 e. The normalized spacial score (nSPS) is 22.5. The Morgan fingerprint density at radius 2 is 1.84 bits per heavy atom. The molecule has 0 bridgehead atoms. The zero-order valence-corrected chi connectivity index (χ0v) is 10.6. The fourth-order valence-corrected chi connectivity index (χ4v) is 2.61. The van der Waals surface area contributed by atoms with E-state index in [0.717, 1.165) is 31.9 Å². The summed E-state index contributed by atoms with van der Waals surface area (Å²) in [6, 6.07) is 3.12. The van der Waals surface area contributed by atoms with Gasteiger partial charge in [0.1, 0.15) is 0 Å². The standard InChI is InChI=1S/C15H18F2O.CH4.H2/c1-3-18-13-9-8-12(14(16)15(13)17)11-6-4-10(2)5-7-11;;/h3,8-11H,1,4-7H2,2H3;1H4;1H. The Morgan fingerprint density at radius 1 is 1.21 bits per heavy atom. The summed E-state index contributed by atoms with van der Waals surface area (Å²) in [5.74, 6) is -0.957. The number of rotatable bonds is 3. The minimum absolute atomic E-state index is 0. The van der Waals surface area contributed by atoms with Crippen LogP contribution in [-0.4, -0.2) is 0 Å². The van der Waals surface area contributed by atoms with Crippen molar-refractivity contribution in [3.8, 4) is 5.75 Å². The molecule has 1 aliphatic carbocycles. The van der Waals surface area contributed by atoms with Crippen molar-refractivity contribution in [2.24, 2.45) is 5.92 Å². The molecule has 108 valence electrons. The van der Waals surface area contributed by atoms with Gasteiger partial charge in [-0.25, -0.2) is 4.39 Å². The average Bonchev–Trinajstić information content (AvgIpc) is 2.37. The van der Waals surface area contributed by atoms with Gasteiger partial charge >= 0.3 is 0 Å². The predicted molar refractivity (Wildman–Crippen MR) is 76.4 cm³/mol. The van der Waals surface area contributed by atoms with Crippen LogP contribution in [0, 0.1) is 17.6 Å². The Kier molecular flexibility index (Phi) is 5.52. The van der Waals surface area contributed by atoms with E-state index in [9.17, 15) is 8.78 Å². The van der Waals surface area contributed by atoms with Crippen molar-refractivity contribution in [1.82, 2.24) is 0 Å². The summed E-state index contributed by atoms with van der Waals surface area (Å²) in [4.78, 5) is 0. The van der Waals surface area contributed by atoms with Crippen molar-refractivity contribution in [3.63, 3.8) is 0 Å². The molecule has 3 heteroatoms. The molecule has 2 rings (SSSR count). The van der Waals surface area contributed by atoms with Crippen LogP contribution in [-0.2, 0) is 0 Å². The number of benzene rings is 1. The maximum atomic E-state index is 14.0. The van der Waals surface area contributed by atoms with Crippen molar-refractivity contribution in [2.75, 3.05) is 0 Å². The summed E-state index contributed by atoms with van der Waals surface area (Å²) in [6.07, 6.45) is 5.12. The van der Waals surface area contributed by atoms with Crippen LogP contribution >= 0.6 is 0 Å². The lowest BCUT2D eigenvalue weighted by Crippen LogP contribution is -2.13. The van der Waals surface area contributed by atoms with Crippen LogP contribution in [0.25, 0.3) is 0 Å². The minimum Gasteiger partial charge on any atom is -0.462 e. The molecule has 1 aliphatic rings. The van der Waals surface area contributed by atoms with Crippen LogP contribution in [0.4, 0.5) is 8.78 Å². The minimum atomic E-state index is -0.911. The lowest BCUT2D eigenvalue weighted by Gasteiger charge is -2.26. The van der Waals surface area contributed by atoms with E-state index in [0.29, 0.717) is 11.5 Å². The highest BCUT2D eigenvalue weighted by atomic mass is 19.2. The zero-order valence-electron chi connectivity index (χ0n) is 10.6. The number of ether oxygens (including phenoxy) is 1. The Morgan fingerprint density at radius 3 is 2.42 bits per heavy atom. The summed E-state index contributed by atoms with van der Waals surface area (Å²) in [5.41, 5.74) is 0.482. The van der Waals surface area contributed by atoms with Crippen LogP contribution < -0.4 is 4.74 Å². The molecular formula is C16H24F2O. The molecular weight excluding hydrogens is 246 g/mol. The molecule has 0 saturated heterocycles. The first-order valence-corrected chi connectivity index (χ1v) is 6.39. The van der Waals surface area contributed by atoms with Gasteiger partial charge in [0.15, 0.2) is 11.6 Å². The van der Waals surface area contributed by atoms with Crippen molar-refractivity contribution in [2.45, 2.75) is 46.0 Å². The van der Waals surface area contributed by atoms with Gasteiger partial charge in [-0.15, -0.1) is 0 Å². The second-order valence-corrected chi connectivity index (χ2v) is 5.02. The highest BCUT2D eigenvalue weighted by molar-refractivity contribution is 5.33. The largest absolute Gasteiger partial charge is 0.462 e. The van der Waals surface area contributed by atoms with Crippen molar-refractivity contribution < 1.29 is 14.9 Å². The monoisotopic (exact) mass is 270 g/mol. The molecule has 0 spiro atoms. The number of halogens is 2. The van der Waals surface area contributed by atoms with E-state index in [2.05, 4.69) is 13.5 Å². The second kappa shape index (κ2) is 6.69. The molecule has 0 unspecified atom stereocenters. The van der Waals surface area contributed by atoms with Gasteiger partial charge in [-0.1, -0.05) is 39.8 Å². The Bertz CT molecular complexity index is 440. The number of hydrogen-bond acceptors (Lipinski definition) is 1. The Balaban J connectivity index is 0.00000180. The highest BCUT2D eigenvalue weighted by Gasteiger charge is 2.24. The van der Waals surface area contributed by atoms with E-state index in [1.807, 2.05) is 0 Å². The lowest BCUT2D eigenvalue weighted by molar-refractivity contribution is 0.336. The lowest BCUT2D eigenvalue weighted by atomic mass is 9.79. The molecule has 19 heavy (non-hydrogen) atoms. The fourth-order valence-electron chi connectivity index (χ4n) is 2.61. The average molecular weight is 270 g/mol. The van der Waals surface area contributed by atoms with Crippen molar-refractivity contribution in [1.29, 1.82) is 0 Å². The third kappa shape index (κ3) is 3.34. The first-order chi connectivity index (χ1) is 8.63. The van der Waals surface area contributed by atoms with Gasteiger partial charge < -0.3 is 4.74 Å². The molecule has 0 radical (unpaired) electrons. The zero-order chi connectivity index (χ0) is 13.1. The van der Waals surface area contributed by atoms with E-state index in [1.54, 1.807) is 6.07 Å². The predicted octanol–water partition coefficient (Wildman–Crippen LogP) is 5.66. The van der Waals surface area contributed by atoms with Gasteiger partial charge in [0.25, 0.3) is 0 Å². The Labute approximate surface area is 115 Å². The molecule has 0 aliphatic heterocycles. The van der Waals surface area contributed by atoms with Crippen LogP contribution in [0.15, 0.2) is 25.0 Å². The van der Waals surface area contributed by atoms with E-state index in [1.165, 1.54) is 6.07 Å². The molecule has 1 fully saturated rings. The number of hydrogen-bond donors (Lipinski definition) is 0. The van der Waals surface area contributed by atoms with Crippen LogP contribution in [0.5, 0.6) is 5.75 Å². The first kappa shape index (κ1) is 15.7. The molecule has 1 nitrogen and oxygen atoms in total. The Hall–Kier alpha value is -1.38. The summed E-state index contributed by atoms with van der Waals surface area (Å²) in [5, 5.41) is 0. The summed E-state index contributed by atoms with van der Waals surface area (Å²) < 4.78 is 32.5. The van der Waals surface area contributed by atoms with Crippen molar-refractivity contribution in [3.05, 3.63) is 42.2 Å². The van der Waals surface area contributed by atoms with Crippen molar-refractivity contribution >= 4 is 0 Å². The third-order valence-electron chi connectivity index (χ3n) is 3.74. The summed E-state index contributed by atoms with van der Waals surface area (Å²) in [6.45, 7) is 5.54. The summed E-state index contributed by atoms with van der Waals surface area (Å²) >= 11 is 0. The van der Waals surface area contributed by atoms with Gasteiger partial charge in [0.2, 0.25) is 5.82 Å². The van der Waals surface area contributed by atoms with E-state index in [4.69, 9.17) is 4.74 Å². The molecule has 1 aromatic carbocycles. The highest BCUT2D eigenvalue weighted by Crippen LogP contribution is 2.38. The second-order valence-electron chi connectivity index (χ2n) is 5.02. The molecule has 0 amide bonds. The van der Waals surface area contributed by atoms with Crippen LogP contribution in [0.3, 0.4) is 0 Å². The quantitative estimate of drug-likeness (QED) is 0.644.